The molecule has 0 aromatic heterocycles. The molecular weight excluding hydrogens is 350 g/mol. The van der Waals surface area contributed by atoms with Gasteiger partial charge in [-0.3, -0.25) is 4.79 Å². The van der Waals surface area contributed by atoms with Crippen molar-refractivity contribution in [3.8, 4) is 5.75 Å². The first-order valence-corrected chi connectivity index (χ1v) is 9.34. The number of hydrogen-bond acceptors (Lipinski definition) is 3. The van der Waals surface area contributed by atoms with Gasteiger partial charge in [-0.2, -0.15) is 0 Å². The Labute approximate surface area is 159 Å². The van der Waals surface area contributed by atoms with Crippen LogP contribution in [0.4, 0.5) is 0 Å². The summed E-state index contributed by atoms with van der Waals surface area (Å²) in [6.07, 6.45) is 2.61. The Hall–Kier alpha value is -2.04. The van der Waals surface area contributed by atoms with Gasteiger partial charge in [0.25, 0.3) is 0 Å². The van der Waals surface area contributed by atoms with Crippen LogP contribution in [0.1, 0.15) is 30.4 Å². The lowest BCUT2D eigenvalue weighted by Crippen LogP contribution is -2.44. The molecule has 1 amide bonds. The number of hydrogen-bond donors (Lipinski definition) is 2. The maximum atomic E-state index is 12.4. The van der Waals surface area contributed by atoms with Gasteiger partial charge in [-0.25, -0.2) is 0 Å². The molecule has 4 nitrogen and oxygen atoms in total. The van der Waals surface area contributed by atoms with Crippen molar-refractivity contribution in [1.29, 1.82) is 0 Å². The molecule has 5 heteroatoms. The third kappa shape index (κ3) is 4.57. The number of benzene rings is 2. The summed E-state index contributed by atoms with van der Waals surface area (Å²) >= 11 is 6.02. The van der Waals surface area contributed by atoms with Gasteiger partial charge in [-0.05, 0) is 48.6 Å². The third-order valence-corrected chi connectivity index (χ3v) is 5.40. The Kier molecular flexibility index (Phi) is 6.17. The number of rotatable bonds is 6. The second-order valence-corrected chi connectivity index (χ2v) is 7.24. The number of aryl methyl sites for hydroxylation is 1. The predicted octanol–water partition coefficient (Wildman–Crippen LogP) is 3.84. The molecule has 0 atom stereocenters. The van der Waals surface area contributed by atoms with E-state index in [1.807, 2.05) is 36.4 Å². The molecule has 26 heavy (non-hydrogen) atoms. The Morgan fingerprint density at radius 1 is 1.12 bits per heavy atom. The van der Waals surface area contributed by atoms with Crippen LogP contribution in [-0.4, -0.2) is 30.8 Å². The molecule has 2 N–H and O–H groups in total. The molecule has 1 saturated heterocycles. The Bertz CT molecular complexity index is 739. The van der Waals surface area contributed by atoms with E-state index in [2.05, 4.69) is 5.32 Å². The molecule has 3 rings (SSSR count). The van der Waals surface area contributed by atoms with Crippen molar-refractivity contribution in [2.45, 2.75) is 31.1 Å². The highest BCUT2D eigenvalue weighted by Crippen LogP contribution is 2.35. The summed E-state index contributed by atoms with van der Waals surface area (Å²) in [5.41, 5.74) is 1.86. The lowest BCUT2D eigenvalue weighted by atomic mass is 9.74. The fourth-order valence-corrected chi connectivity index (χ4v) is 3.59. The smallest absolute Gasteiger partial charge is 0.220 e. The number of phenols is 1. The summed E-state index contributed by atoms with van der Waals surface area (Å²) in [5.74, 6) is 0.232. The topological polar surface area (TPSA) is 58.6 Å². The van der Waals surface area contributed by atoms with Gasteiger partial charge in [0.2, 0.25) is 5.91 Å². The summed E-state index contributed by atoms with van der Waals surface area (Å²) in [7, 11) is 0. The number of phenolic OH excluding ortho intramolecular Hbond substituents is 1. The first-order valence-electron chi connectivity index (χ1n) is 8.96. The summed E-state index contributed by atoms with van der Waals surface area (Å²) in [6.45, 7) is 1.96. The van der Waals surface area contributed by atoms with Gasteiger partial charge in [-0.1, -0.05) is 41.9 Å². The van der Waals surface area contributed by atoms with Gasteiger partial charge < -0.3 is 15.2 Å². The zero-order valence-electron chi connectivity index (χ0n) is 14.7. The number of nitrogens with one attached hydrogen (secondary N) is 1. The molecule has 0 radical (unpaired) electrons. The first kappa shape index (κ1) is 18.7. The van der Waals surface area contributed by atoms with Crippen LogP contribution < -0.4 is 5.32 Å². The minimum absolute atomic E-state index is 0.00640. The normalized spacial score (nSPS) is 16.2. The van der Waals surface area contributed by atoms with Crippen LogP contribution in [0.3, 0.4) is 0 Å². The first-order chi connectivity index (χ1) is 12.6. The van der Waals surface area contributed by atoms with Gasteiger partial charge in [0.05, 0.1) is 0 Å². The predicted molar refractivity (Wildman–Crippen MR) is 103 cm³/mol. The van der Waals surface area contributed by atoms with E-state index in [0.717, 1.165) is 18.4 Å². The largest absolute Gasteiger partial charge is 0.508 e. The number of ether oxygens (including phenoxy) is 1. The van der Waals surface area contributed by atoms with Crippen LogP contribution in [0.2, 0.25) is 5.02 Å². The maximum absolute atomic E-state index is 12.4. The van der Waals surface area contributed by atoms with Crippen LogP contribution in [0.15, 0.2) is 48.5 Å². The molecule has 138 valence electrons. The van der Waals surface area contributed by atoms with Gasteiger partial charge in [0, 0.05) is 36.6 Å². The molecule has 2 aromatic rings. The molecule has 1 aliphatic rings. The molecule has 0 bridgehead atoms. The molecule has 2 aromatic carbocycles. The van der Waals surface area contributed by atoms with Crippen molar-refractivity contribution >= 4 is 17.5 Å². The Morgan fingerprint density at radius 2 is 1.81 bits per heavy atom. The summed E-state index contributed by atoms with van der Waals surface area (Å²) in [4.78, 5) is 12.4. The van der Waals surface area contributed by atoms with E-state index < -0.39 is 0 Å². The molecule has 1 heterocycles. The highest BCUT2D eigenvalue weighted by atomic mass is 35.5. The van der Waals surface area contributed by atoms with E-state index >= 15 is 0 Å². The fourth-order valence-electron chi connectivity index (χ4n) is 3.46. The summed E-state index contributed by atoms with van der Waals surface area (Å²) in [5, 5.41) is 13.6. The quantitative estimate of drug-likeness (QED) is 0.808. The Morgan fingerprint density at radius 3 is 2.50 bits per heavy atom. The lowest BCUT2D eigenvalue weighted by molar-refractivity contribution is -0.121. The average molecular weight is 374 g/mol. The van der Waals surface area contributed by atoms with E-state index in [9.17, 15) is 9.90 Å². The molecule has 0 saturated carbocycles. The number of carbonyl (C=O) groups excluding carboxylic acids is 1. The van der Waals surface area contributed by atoms with Gasteiger partial charge >= 0.3 is 0 Å². The number of aromatic hydroxyl groups is 1. The summed E-state index contributed by atoms with van der Waals surface area (Å²) < 4.78 is 5.53. The van der Waals surface area contributed by atoms with Crippen molar-refractivity contribution in [1.82, 2.24) is 5.32 Å². The molecule has 0 aliphatic carbocycles. The summed E-state index contributed by atoms with van der Waals surface area (Å²) in [6, 6.07) is 15.0. The SMILES string of the molecule is O=C(CCc1ccccc1O)NCC1(c2ccc(Cl)cc2)CCOCC1. The zero-order chi connectivity index (χ0) is 18.4. The van der Waals surface area contributed by atoms with Crippen molar-refractivity contribution in [3.63, 3.8) is 0 Å². The van der Waals surface area contributed by atoms with Gasteiger partial charge in [0.15, 0.2) is 0 Å². The van der Waals surface area contributed by atoms with Crippen LogP contribution in [-0.2, 0) is 21.4 Å². The van der Waals surface area contributed by atoms with Crippen molar-refractivity contribution < 1.29 is 14.6 Å². The standard InChI is InChI=1S/C21H24ClNO3/c22-18-8-6-17(7-9-18)21(11-13-26-14-12-21)15-23-20(25)10-5-16-3-1-2-4-19(16)24/h1-4,6-9,24H,5,10-15H2,(H,23,25). The number of amides is 1. The second kappa shape index (κ2) is 8.56. The Balaban J connectivity index is 1.61. The van der Waals surface area contributed by atoms with Crippen LogP contribution in [0.5, 0.6) is 5.75 Å². The minimum atomic E-state index is -0.118. The highest BCUT2D eigenvalue weighted by Gasteiger charge is 2.34. The van der Waals surface area contributed by atoms with Gasteiger partial charge in [0.1, 0.15) is 5.75 Å². The van der Waals surface area contributed by atoms with Crippen molar-refractivity contribution in [2.75, 3.05) is 19.8 Å². The van der Waals surface area contributed by atoms with Crippen LogP contribution in [0.25, 0.3) is 0 Å². The van der Waals surface area contributed by atoms with E-state index in [0.29, 0.717) is 37.6 Å². The van der Waals surface area contributed by atoms with Gasteiger partial charge in [-0.15, -0.1) is 0 Å². The number of carbonyl (C=O) groups is 1. The van der Waals surface area contributed by atoms with E-state index in [1.165, 1.54) is 5.56 Å². The lowest BCUT2D eigenvalue weighted by Gasteiger charge is -2.38. The third-order valence-electron chi connectivity index (χ3n) is 5.14. The van der Waals surface area contributed by atoms with Crippen LogP contribution >= 0.6 is 11.6 Å². The number of halogens is 1. The minimum Gasteiger partial charge on any atom is -0.508 e. The average Bonchev–Trinajstić information content (AvgIpc) is 2.67. The van der Waals surface area contributed by atoms with E-state index in [1.54, 1.807) is 12.1 Å². The molecule has 1 fully saturated rings. The zero-order valence-corrected chi connectivity index (χ0v) is 15.5. The van der Waals surface area contributed by atoms with Crippen molar-refractivity contribution in [3.05, 3.63) is 64.7 Å². The number of para-hydroxylation sites is 1. The van der Waals surface area contributed by atoms with E-state index in [4.69, 9.17) is 16.3 Å². The second-order valence-electron chi connectivity index (χ2n) is 6.81. The highest BCUT2D eigenvalue weighted by molar-refractivity contribution is 6.30. The molecule has 0 unspecified atom stereocenters. The molecular formula is C21H24ClNO3. The van der Waals surface area contributed by atoms with E-state index in [-0.39, 0.29) is 17.1 Å². The van der Waals surface area contributed by atoms with Crippen molar-refractivity contribution in [2.24, 2.45) is 0 Å². The van der Waals surface area contributed by atoms with Crippen LogP contribution in [0, 0.1) is 0 Å². The molecule has 1 aliphatic heterocycles. The monoisotopic (exact) mass is 373 g/mol. The maximum Gasteiger partial charge on any atom is 0.220 e. The fraction of sp³-hybridized carbons (Fsp3) is 0.381. The molecule has 0 spiro atoms.